The first-order chi connectivity index (χ1) is 8.79. The Hall–Kier alpha value is -0.790. The fraction of sp³-hybridized carbons (Fsp3) is 0.812. The van der Waals surface area contributed by atoms with Crippen molar-refractivity contribution in [2.24, 2.45) is 0 Å². The highest BCUT2D eigenvalue weighted by molar-refractivity contribution is 5.14. The second-order valence-corrected chi connectivity index (χ2v) is 5.66. The van der Waals surface area contributed by atoms with E-state index in [0.29, 0.717) is 0 Å². The third-order valence-corrected chi connectivity index (χ3v) is 4.31. The number of nitrogens with zero attached hydrogens (tertiary/aromatic N) is 2. The molecule has 0 saturated carbocycles. The van der Waals surface area contributed by atoms with E-state index in [1.807, 2.05) is 0 Å². The Morgan fingerprint density at radius 1 is 1.06 bits per heavy atom. The second-order valence-electron chi connectivity index (χ2n) is 5.66. The van der Waals surface area contributed by atoms with Crippen LogP contribution in [0.3, 0.4) is 0 Å². The summed E-state index contributed by atoms with van der Waals surface area (Å²) >= 11 is 0. The molecule has 0 saturated heterocycles. The Morgan fingerprint density at radius 2 is 1.78 bits per heavy atom. The minimum Gasteiger partial charge on any atom is -0.231 e. The number of imidazole rings is 1. The van der Waals surface area contributed by atoms with Crippen LogP contribution in [0.15, 0.2) is 0 Å². The van der Waals surface area contributed by atoms with Crippen LogP contribution in [-0.4, -0.2) is 4.57 Å². The summed E-state index contributed by atoms with van der Waals surface area (Å²) in [4.78, 5) is 0. The summed E-state index contributed by atoms with van der Waals surface area (Å²) in [6.07, 6.45) is 10.6. The van der Waals surface area contributed by atoms with E-state index in [-0.39, 0.29) is 0 Å². The molecule has 0 radical (unpaired) electrons. The number of fused-ring (bicyclic) bond motifs is 1. The molecule has 0 fully saturated rings. The van der Waals surface area contributed by atoms with Crippen LogP contribution >= 0.6 is 0 Å². The fourth-order valence-electron chi connectivity index (χ4n) is 3.22. The largest absolute Gasteiger partial charge is 0.253 e. The predicted octanol–water partition coefficient (Wildman–Crippen LogP) is 3.56. The summed E-state index contributed by atoms with van der Waals surface area (Å²) < 4.78 is 5.24. The van der Waals surface area contributed by atoms with Gasteiger partial charge in [-0.25, -0.2) is 9.13 Å². The van der Waals surface area contributed by atoms with Gasteiger partial charge < -0.3 is 0 Å². The van der Waals surface area contributed by atoms with Gasteiger partial charge in [-0.15, -0.1) is 0 Å². The average molecular weight is 249 g/mol. The Balaban J connectivity index is 2.30. The van der Waals surface area contributed by atoms with Crippen molar-refractivity contribution in [3.63, 3.8) is 0 Å². The summed E-state index contributed by atoms with van der Waals surface area (Å²) in [5.74, 6) is 1.50. The van der Waals surface area contributed by atoms with Crippen LogP contribution in [0.5, 0.6) is 0 Å². The van der Waals surface area contributed by atoms with Gasteiger partial charge in [0, 0.05) is 19.8 Å². The quantitative estimate of drug-likeness (QED) is 0.682. The number of hydrogen-bond donors (Lipinski definition) is 0. The van der Waals surface area contributed by atoms with E-state index in [1.54, 1.807) is 11.4 Å². The molecule has 2 nitrogen and oxygen atoms in total. The first-order valence-corrected chi connectivity index (χ1v) is 7.90. The Kier molecular flexibility index (Phi) is 4.85. The highest BCUT2D eigenvalue weighted by Gasteiger charge is 2.28. The van der Waals surface area contributed by atoms with Crippen molar-refractivity contribution in [2.45, 2.75) is 85.2 Å². The second kappa shape index (κ2) is 6.40. The smallest absolute Gasteiger partial charge is 0.231 e. The van der Waals surface area contributed by atoms with Gasteiger partial charge in [0.15, 0.2) is 0 Å². The van der Waals surface area contributed by atoms with Gasteiger partial charge in [-0.3, -0.25) is 0 Å². The van der Waals surface area contributed by atoms with Crippen LogP contribution < -0.4 is 4.57 Å². The van der Waals surface area contributed by atoms with Gasteiger partial charge in [0.2, 0.25) is 0 Å². The molecule has 0 spiro atoms. The summed E-state index contributed by atoms with van der Waals surface area (Å²) in [7, 11) is 0. The molecular formula is C16H29N2+. The van der Waals surface area contributed by atoms with E-state index in [4.69, 9.17) is 0 Å². The number of rotatable bonds is 6. The molecule has 102 valence electrons. The van der Waals surface area contributed by atoms with Crippen molar-refractivity contribution in [1.29, 1.82) is 0 Å². The van der Waals surface area contributed by atoms with Gasteiger partial charge in [-0.1, -0.05) is 26.7 Å². The van der Waals surface area contributed by atoms with Crippen molar-refractivity contribution in [2.75, 3.05) is 0 Å². The molecule has 0 N–H and O–H groups in total. The van der Waals surface area contributed by atoms with E-state index in [9.17, 15) is 0 Å². The van der Waals surface area contributed by atoms with Crippen molar-refractivity contribution < 1.29 is 4.57 Å². The van der Waals surface area contributed by atoms with Crippen molar-refractivity contribution in [3.05, 3.63) is 17.2 Å². The summed E-state index contributed by atoms with van der Waals surface area (Å²) in [6.45, 7) is 9.35. The molecule has 2 heteroatoms. The molecule has 0 unspecified atom stereocenters. The van der Waals surface area contributed by atoms with E-state index in [2.05, 4.69) is 29.9 Å². The summed E-state index contributed by atoms with van der Waals surface area (Å²) in [5.41, 5.74) is 3.31. The van der Waals surface area contributed by atoms with Gasteiger partial charge in [0.05, 0.1) is 13.1 Å². The minimum absolute atomic E-state index is 1.23. The lowest BCUT2D eigenvalue weighted by molar-refractivity contribution is -0.710. The fourth-order valence-corrected chi connectivity index (χ4v) is 3.22. The topological polar surface area (TPSA) is 8.81 Å². The molecule has 1 aromatic rings. The van der Waals surface area contributed by atoms with Crippen molar-refractivity contribution in [1.82, 2.24) is 4.57 Å². The molecule has 1 aliphatic carbocycles. The summed E-state index contributed by atoms with van der Waals surface area (Å²) in [5, 5.41) is 0. The summed E-state index contributed by atoms with van der Waals surface area (Å²) in [6, 6.07) is 0. The number of hydrogen-bond acceptors (Lipinski definition) is 0. The molecule has 0 amide bonds. The van der Waals surface area contributed by atoms with Crippen LogP contribution in [0, 0.1) is 6.92 Å². The molecule has 2 rings (SSSR count). The minimum atomic E-state index is 1.23. The van der Waals surface area contributed by atoms with E-state index in [0.717, 1.165) is 0 Å². The molecule has 18 heavy (non-hydrogen) atoms. The molecule has 0 bridgehead atoms. The van der Waals surface area contributed by atoms with Gasteiger partial charge in [-0.2, -0.15) is 0 Å². The predicted molar refractivity (Wildman–Crippen MR) is 75.8 cm³/mol. The highest BCUT2D eigenvalue weighted by atomic mass is 15.2. The average Bonchev–Trinajstić information content (AvgIpc) is 2.66. The molecule has 0 aromatic carbocycles. The first kappa shape index (κ1) is 13.6. The normalized spacial score (nSPS) is 14.8. The van der Waals surface area contributed by atoms with Crippen LogP contribution in [-0.2, 0) is 25.9 Å². The van der Waals surface area contributed by atoms with Gasteiger partial charge in [0.1, 0.15) is 11.4 Å². The zero-order valence-corrected chi connectivity index (χ0v) is 12.5. The molecular weight excluding hydrogens is 220 g/mol. The Labute approximate surface area is 112 Å². The number of unbranched alkanes of at least 4 members (excludes halogenated alkanes) is 2. The monoisotopic (exact) mass is 249 g/mol. The lowest BCUT2D eigenvalue weighted by Gasteiger charge is -2.09. The maximum absolute atomic E-state index is 2.62. The van der Waals surface area contributed by atoms with Gasteiger partial charge >= 0.3 is 0 Å². The van der Waals surface area contributed by atoms with Crippen molar-refractivity contribution >= 4 is 0 Å². The van der Waals surface area contributed by atoms with Crippen LogP contribution in [0.2, 0.25) is 0 Å². The lowest BCUT2D eigenvalue weighted by atomic mass is 10.0. The molecule has 1 aromatic heterocycles. The molecule has 1 heterocycles. The first-order valence-electron chi connectivity index (χ1n) is 7.90. The van der Waals surface area contributed by atoms with Gasteiger partial charge in [-0.05, 0) is 25.7 Å². The maximum Gasteiger partial charge on any atom is 0.253 e. The Bertz CT molecular complexity index is 355. The highest BCUT2D eigenvalue weighted by Crippen LogP contribution is 2.21. The third-order valence-electron chi connectivity index (χ3n) is 4.31. The standard InChI is InChI=1S/C16H29N2/c1-4-6-12-17-14(3)18(13-7-5-2)16-11-9-8-10-15(16)17/h4-13H2,1-3H3/q+1. The molecule has 0 aliphatic heterocycles. The number of aromatic nitrogens is 2. The van der Waals surface area contributed by atoms with E-state index in [1.165, 1.54) is 70.3 Å². The van der Waals surface area contributed by atoms with E-state index < -0.39 is 0 Å². The zero-order valence-electron chi connectivity index (χ0n) is 12.5. The van der Waals surface area contributed by atoms with Gasteiger partial charge in [0.25, 0.3) is 5.82 Å². The van der Waals surface area contributed by atoms with E-state index >= 15 is 0 Å². The molecule has 1 aliphatic rings. The molecule has 0 atom stereocenters. The Morgan fingerprint density at radius 3 is 2.50 bits per heavy atom. The SMILES string of the molecule is CCCCn1c2c([n+](CCCC)c1C)CCCC2. The lowest BCUT2D eigenvalue weighted by Crippen LogP contribution is -2.40. The maximum atomic E-state index is 2.62. The zero-order chi connectivity index (χ0) is 13.0. The van der Waals surface area contributed by atoms with Crippen LogP contribution in [0.25, 0.3) is 0 Å². The van der Waals surface area contributed by atoms with Crippen molar-refractivity contribution in [3.8, 4) is 0 Å². The van der Waals surface area contributed by atoms with Crippen LogP contribution in [0.1, 0.15) is 69.6 Å². The van der Waals surface area contributed by atoms with Crippen LogP contribution in [0.4, 0.5) is 0 Å². The third kappa shape index (κ3) is 2.62.